The van der Waals surface area contributed by atoms with Crippen molar-refractivity contribution in [1.29, 1.82) is 0 Å². The first-order chi connectivity index (χ1) is 14.0. The van der Waals surface area contributed by atoms with Crippen LogP contribution in [0.4, 0.5) is 5.13 Å². The standard InChI is InChI=1S/C18H22N6O3S2/c1-4-27-16(26)8-12-10-28-17(19-12)20-15(25)11-29-18-22-21-14(24(18)3)9-13-6-5-7-23(13)2/h5-7,10H,4,8-9,11H2,1-3H3,(H,19,20,25). The second kappa shape index (κ2) is 9.70. The molecular weight excluding hydrogens is 412 g/mol. The Morgan fingerprint density at radius 3 is 2.86 bits per heavy atom. The molecule has 3 heterocycles. The Morgan fingerprint density at radius 2 is 2.14 bits per heavy atom. The maximum absolute atomic E-state index is 12.2. The van der Waals surface area contributed by atoms with E-state index in [9.17, 15) is 9.59 Å². The smallest absolute Gasteiger partial charge is 0.311 e. The van der Waals surface area contributed by atoms with Gasteiger partial charge in [-0.15, -0.1) is 21.5 Å². The summed E-state index contributed by atoms with van der Waals surface area (Å²) in [6, 6.07) is 4.03. The Balaban J connectivity index is 1.50. The number of nitrogens with one attached hydrogen (secondary N) is 1. The summed E-state index contributed by atoms with van der Waals surface area (Å²) < 4.78 is 8.83. The monoisotopic (exact) mass is 434 g/mol. The van der Waals surface area contributed by atoms with E-state index in [4.69, 9.17) is 4.74 Å². The van der Waals surface area contributed by atoms with Crippen LogP contribution in [0, 0.1) is 0 Å². The van der Waals surface area contributed by atoms with E-state index < -0.39 is 0 Å². The second-order valence-corrected chi connectivity index (χ2v) is 8.01. The first-order valence-electron chi connectivity index (χ1n) is 8.97. The molecule has 1 amide bonds. The number of carbonyl (C=O) groups excluding carboxylic acids is 2. The van der Waals surface area contributed by atoms with E-state index >= 15 is 0 Å². The first kappa shape index (κ1) is 21.1. The molecule has 29 heavy (non-hydrogen) atoms. The van der Waals surface area contributed by atoms with Gasteiger partial charge in [0.1, 0.15) is 5.82 Å². The number of anilines is 1. The molecule has 3 aromatic rings. The van der Waals surface area contributed by atoms with Crippen LogP contribution >= 0.6 is 23.1 Å². The fourth-order valence-corrected chi connectivity index (χ4v) is 4.01. The van der Waals surface area contributed by atoms with Crippen LogP contribution in [0.1, 0.15) is 24.1 Å². The summed E-state index contributed by atoms with van der Waals surface area (Å²) >= 11 is 2.58. The van der Waals surface area contributed by atoms with Crippen molar-refractivity contribution < 1.29 is 14.3 Å². The van der Waals surface area contributed by atoms with Crippen LogP contribution in [0.5, 0.6) is 0 Å². The number of aryl methyl sites for hydroxylation is 1. The van der Waals surface area contributed by atoms with Gasteiger partial charge < -0.3 is 19.2 Å². The molecule has 0 unspecified atom stereocenters. The van der Waals surface area contributed by atoms with Gasteiger partial charge >= 0.3 is 5.97 Å². The molecule has 0 aliphatic heterocycles. The van der Waals surface area contributed by atoms with Crippen LogP contribution in [0.3, 0.4) is 0 Å². The molecule has 0 bridgehead atoms. The van der Waals surface area contributed by atoms with E-state index in [2.05, 4.69) is 20.5 Å². The van der Waals surface area contributed by atoms with Gasteiger partial charge in [0, 0.05) is 37.8 Å². The molecule has 0 aliphatic rings. The number of nitrogens with zero attached hydrogens (tertiary/aromatic N) is 5. The number of rotatable bonds is 9. The molecule has 0 fully saturated rings. The van der Waals surface area contributed by atoms with E-state index in [0.29, 0.717) is 29.0 Å². The molecule has 0 radical (unpaired) electrons. The minimum Gasteiger partial charge on any atom is -0.466 e. The average Bonchev–Trinajstić information content (AvgIpc) is 3.37. The second-order valence-electron chi connectivity index (χ2n) is 6.21. The number of amides is 1. The van der Waals surface area contributed by atoms with Gasteiger partial charge in [-0.3, -0.25) is 9.59 Å². The maximum Gasteiger partial charge on any atom is 0.311 e. The third-order valence-electron chi connectivity index (χ3n) is 4.08. The van der Waals surface area contributed by atoms with Gasteiger partial charge in [-0.2, -0.15) is 0 Å². The SMILES string of the molecule is CCOC(=O)Cc1csc(NC(=O)CSc2nnc(Cc3cccn3C)n2C)n1. The van der Waals surface area contributed by atoms with Gasteiger partial charge in [0.25, 0.3) is 0 Å². The lowest BCUT2D eigenvalue weighted by atomic mass is 10.3. The molecule has 154 valence electrons. The van der Waals surface area contributed by atoms with Crippen LogP contribution in [0.15, 0.2) is 28.9 Å². The predicted molar refractivity (Wildman–Crippen MR) is 111 cm³/mol. The quantitative estimate of drug-likeness (QED) is 0.406. The van der Waals surface area contributed by atoms with Crippen molar-refractivity contribution >= 4 is 40.1 Å². The van der Waals surface area contributed by atoms with Gasteiger partial charge in [-0.25, -0.2) is 4.98 Å². The predicted octanol–water partition coefficient (Wildman–Crippen LogP) is 2.04. The molecular formula is C18H22N6O3S2. The minimum absolute atomic E-state index is 0.0951. The van der Waals surface area contributed by atoms with Crippen molar-refractivity contribution in [2.45, 2.75) is 24.9 Å². The zero-order valence-electron chi connectivity index (χ0n) is 16.4. The number of aromatic nitrogens is 5. The minimum atomic E-state index is -0.334. The highest BCUT2D eigenvalue weighted by Crippen LogP contribution is 2.20. The maximum atomic E-state index is 12.2. The summed E-state index contributed by atoms with van der Waals surface area (Å²) in [5.41, 5.74) is 1.72. The summed E-state index contributed by atoms with van der Waals surface area (Å²) in [6.07, 6.45) is 2.75. The first-order valence-corrected chi connectivity index (χ1v) is 10.8. The molecule has 3 rings (SSSR count). The van der Waals surface area contributed by atoms with Crippen LogP contribution < -0.4 is 5.32 Å². The van der Waals surface area contributed by atoms with Crippen LogP contribution in [-0.2, 0) is 41.3 Å². The van der Waals surface area contributed by atoms with Crippen molar-refractivity contribution in [1.82, 2.24) is 24.3 Å². The van der Waals surface area contributed by atoms with E-state index in [1.165, 1.54) is 23.1 Å². The van der Waals surface area contributed by atoms with Crippen molar-refractivity contribution in [3.8, 4) is 0 Å². The van der Waals surface area contributed by atoms with E-state index in [-0.39, 0.29) is 24.1 Å². The van der Waals surface area contributed by atoms with Crippen molar-refractivity contribution in [3.05, 3.63) is 40.9 Å². The van der Waals surface area contributed by atoms with Crippen molar-refractivity contribution in [3.63, 3.8) is 0 Å². The number of esters is 1. The summed E-state index contributed by atoms with van der Waals surface area (Å²) in [5.74, 6) is 0.486. The number of hydrogen-bond acceptors (Lipinski definition) is 8. The lowest BCUT2D eigenvalue weighted by molar-refractivity contribution is -0.142. The fourth-order valence-electron chi connectivity index (χ4n) is 2.56. The fraction of sp³-hybridized carbons (Fsp3) is 0.389. The molecule has 9 nitrogen and oxygen atoms in total. The number of thiazole rings is 1. The number of thioether (sulfide) groups is 1. The molecule has 0 atom stereocenters. The molecule has 0 aromatic carbocycles. The lowest BCUT2D eigenvalue weighted by Gasteiger charge is -2.05. The third kappa shape index (κ3) is 5.67. The van der Waals surface area contributed by atoms with Crippen molar-refractivity contribution in [2.24, 2.45) is 14.1 Å². The lowest BCUT2D eigenvalue weighted by Crippen LogP contribution is -2.14. The topological polar surface area (TPSA) is 104 Å². The van der Waals surface area contributed by atoms with Gasteiger partial charge in [0.05, 0.1) is 24.5 Å². The Bertz CT molecular complexity index is 994. The molecule has 0 saturated heterocycles. The summed E-state index contributed by atoms with van der Waals surface area (Å²) in [7, 11) is 3.88. The van der Waals surface area contributed by atoms with E-state index in [1.807, 2.05) is 41.6 Å². The summed E-state index contributed by atoms with van der Waals surface area (Å²) in [6.45, 7) is 2.09. The number of ether oxygens (including phenoxy) is 1. The molecule has 0 saturated carbocycles. The number of hydrogen-bond donors (Lipinski definition) is 1. The molecule has 11 heteroatoms. The number of carbonyl (C=O) groups is 2. The van der Waals surface area contributed by atoms with Crippen LogP contribution in [0.25, 0.3) is 0 Å². The Morgan fingerprint density at radius 1 is 1.31 bits per heavy atom. The Hall–Kier alpha value is -2.66. The molecule has 3 aromatic heterocycles. The Labute approximate surface area is 176 Å². The summed E-state index contributed by atoms with van der Waals surface area (Å²) in [4.78, 5) is 28.0. The molecule has 1 N–H and O–H groups in total. The highest BCUT2D eigenvalue weighted by Gasteiger charge is 2.14. The normalized spacial score (nSPS) is 10.9. The molecule has 0 spiro atoms. The van der Waals surface area contributed by atoms with Crippen molar-refractivity contribution in [2.75, 3.05) is 17.7 Å². The summed E-state index contributed by atoms with van der Waals surface area (Å²) in [5, 5.41) is 14.0. The highest BCUT2D eigenvalue weighted by molar-refractivity contribution is 7.99. The van der Waals surface area contributed by atoms with E-state index in [0.717, 1.165) is 11.5 Å². The van der Waals surface area contributed by atoms with E-state index in [1.54, 1.807) is 12.3 Å². The highest BCUT2D eigenvalue weighted by atomic mass is 32.2. The Kier molecular flexibility index (Phi) is 7.04. The largest absolute Gasteiger partial charge is 0.466 e. The zero-order valence-corrected chi connectivity index (χ0v) is 18.0. The third-order valence-corrected chi connectivity index (χ3v) is 5.90. The van der Waals surface area contributed by atoms with Gasteiger partial charge in [0.15, 0.2) is 10.3 Å². The average molecular weight is 435 g/mol. The van der Waals surface area contributed by atoms with Crippen LogP contribution in [0.2, 0.25) is 0 Å². The van der Waals surface area contributed by atoms with Gasteiger partial charge in [-0.1, -0.05) is 11.8 Å². The molecule has 0 aliphatic carbocycles. The van der Waals surface area contributed by atoms with Gasteiger partial charge in [-0.05, 0) is 19.1 Å². The van der Waals surface area contributed by atoms with Gasteiger partial charge in [0.2, 0.25) is 5.91 Å². The zero-order chi connectivity index (χ0) is 20.8. The van der Waals surface area contributed by atoms with Crippen LogP contribution in [-0.4, -0.2) is 48.6 Å².